The number of anilines is 1. The molecule has 1 heterocycles. The monoisotopic (exact) mass is 410 g/mol. The summed E-state index contributed by atoms with van der Waals surface area (Å²) in [5.74, 6) is -0.163. The van der Waals surface area contributed by atoms with Gasteiger partial charge in [0.2, 0.25) is 0 Å². The maximum Gasteiger partial charge on any atom is 0.257 e. The number of aromatic nitrogens is 1. The van der Waals surface area contributed by atoms with Gasteiger partial charge in [0.1, 0.15) is 0 Å². The first-order chi connectivity index (χ1) is 9.61. The van der Waals surface area contributed by atoms with Gasteiger partial charge in [0.05, 0.1) is 10.2 Å². The summed E-state index contributed by atoms with van der Waals surface area (Å²) in [6.45, 7) is 0. The summed E-state index contributed by atoms with van der Waals surface area (Å²) in [6.07, 6.45) is 0. The Hall–Kier alpha value is -1.24. The maximum atomic E-state index is 12.1. The molecule has 0 fully saturated rings. The van der Waals surface area contributed by atoms with Crippen molar-refractivity contribution in [3.05, 3.63) is 57.0 Å². The Morgan fingerprint density at radius 2 is 1.90 bits per heavy atom. The predicted octanol–water partition coefficient (Wildman–Crippen LogP) is 5.07. The molecule has 0 unspecified atom stereocenters. The third kappa shape index (κ3) is 2.92. The summed E-state index contributed by atoms with van der Waals surface area (Å²) < 4.78 is 2.90. The third-order valence-corrected chi connectivity index (χ3v) is 4.58. The van der Waals surface area contributed by atoms with E-state index in [9.17, 15) is 4.79 Å². The summed E-state index contributed by atoms with van der Waals surface area (Å²) in [4.78, 5) is 16.5. The Labute approximate surface area is 136 Å². The molecule has 0 saturated carbocycles. The molecule has 0 saturated heterocycles. The van der Waals surface area contributed by atoms with Gasteiger partial charge < -0.3 is 0 Å². The van der Waals surface area contributed by atoms with Crippen LogP contribution >= 0.6 is 43.2 Å². The molecule has 100 valence electrons. The molecule has 0 aliphatic carbocycles. The predicted molar refractivity (Wildman–Crippen MR) is 89.4 cm³/mol. The maximum absolute atomic E-state index is 12.1. The Bertz CT molecular complexity index is 801. The van der Waals surface area contributed by atoms with Crippen LogP contribution in [0.1, 0.15) is 10.4 Å². The third-order valence-electron chi connectivity index (χ3n) is 2.66. The minimum absolute atomic E-state index is 0.163. The second-order valence-electron chi connectivity index (χ2n) is 4.10. The standard InChI is InChI=1S/C14H8Br2N2OS/c15-9-3-1-2-8(6-9)13(19)18-14-17-11-5-4-10(16)7-12(11)20-14/h1-7H,(H,17,18,19). The van der Waals surface area contributed by atoms with Crippen molar-refractivity contribution in [1.29, 1.82) is 0 Å². The van der Waals surface area contributed by atoms with Crippen molar-refractivity contribution in [3.8, 4) is 0 Å². The molecule has 1 aromatic heterocycles. The van der Waals surface area contributed by atoms with Crippen LogP contribution < -0.4 is 5.32 Å². The lowest BCUT2D eigenvalue weighted by atomic mass is 10.2. The van der Waals surface area contributed by atoms with Crippen molar-refractivity contribution in [1.82, 2.24) is 4.98 Å². The van der Waals surface area contributed by atoms with Crippen LogP contribution in [0.4, 0.5) is 5.13 Å². The quantitative estimate of drug-likeness (QED) is 0.639. The average molecular weight is 412 g/mol. The van der Waals surface area contributed by atoms with E-state index in [-0.39, 0.29) is 5.91 Å². The summed E-state index contributed by atoms with van der Waals surface area (Å²) in [5.41, 5.74) is 1.47. The van der Waals surface area contributed by atoms with Gasteiger partial charge >= 0.3 is 0 Å². The molecule has 3 rings (SSSR count). The molecule has 0 bridgehead atoms. The van der Waals surface area contributed by atoms with Crippen LogP contribution in [0.25, 0.3) is 10.2 Å². The Kier molecular flexibility index (Phi) is 3.87. The first kappa shape index (κ1) is 13.7. The molecule has 2 aromatic carbocycles. The van der Waals surface area contributed by atoms with E-state index in [4.69, 9.17) is 0 Å². The van der Waals surface area contributed by atoms with Gasteiger partial charge in [-0.25, -0.2) is 4.98 Å². The highest BCUT2D eigenvalue weighted by atomic mass is 79.9. The fourth-order valence-corrected chi connectivity index (χ4v) is 3.56. The van der Waals surface area contributed by atoms with Gasteiger partial charge in [-0.05, 0) is 36.4 Å². The molecule has 0 atom stereocenters. The molecule has 1 amide bonds. The van der Waals surface area contributed by atoms with Crippen LogP contribution in [0.3, 0.4) is 0 Å². The number of halogens is 2. The molecule has 0 aliphatic rings. The van der Waals surface area contributed by atoms with Crippen molar-refractivity contribution in [2.24, 2.45) is 0 Å². The number of fused-ring (bicyclic) bond motifs is 1. The minimum Gasteiger partial charge on any atom is -0.298 e. The Balaban J connectivity index is 1.87. The lowest BCUT2D eigenvalue weighted by molar-refractivity contribution is 0.102. The Morgan fingerprint density at radius 3 is 2.70 bits per heavy atom. The second-order valence-corrected chi connectivity index (χ2v) is 6.96. The number of hydrogen-bond donors (Lipinski definition) is 1. The first-order valence-corrected chi connectivity index (χ1v) is 8.15. The summed E-state index contributed by atoms with van der Waals surface area (Å²) in [5, 5.41) is 3.43. The van der Waals surface area contributed by atoms with E-state index in [0.717, 1.165) is 19.2 Å². The lowest BCUT2D eigenvalue weighted by Crippen LogP contribution is -2.11. The molecule has 0 aliphatic heterocycles. The number of amides is 1. The lowest BCUT2D eigenvalue weighted by Gasteiger charge is -2.01. The van der Waals surface area contributed by atoms with Crippen LogP contribution in [0, 0.1) is 0 Å². The largest absolute Gasteiger partial charge is 0.298 e. The molecule has 3 aromatic rings. The fourth-order valence-electron chi connectivity index (χ4n) is 1.75. The van der Waals surface area contributed by atoms with Gasteiger partial charge in [-0.15, -0.1) is 0 Å². The molecular weight excluding hydrogens is 404 g/mol. The topological polar surface area (TPSA) is 42.0 Å². The van der Waals surface area contributed by atoms with Gasteiger partial charge in [0.15, 0.2) is 5.13 Å². The zero-order valence-electron chi connectivity index (χ0n) is 10.1. The van der Waals surface area contributed by atoms with Crippen molar-refractivity contribution in [2.75, 3.05) is 5.32 Å². The van der Waals surface area contributed by atoms with Crippen LogP contribution in [0.2, 0.25) is 0 Å². The number of carbonyl (C=O) groups excluding carboxylic acids is 1. The van der Waals surface area contributed by atoms with E-state index in [0.29, 0.717) is 10.7 Å². The highest BCUT2D eigenvalue weighted by Gasteiger charge is 2.10. The fraction of sp³-hybridized carbons (Fsp3) is 0. The molecule has 6 heteroatoms. The molecule has 3 nitrogen and oxygen atoms in total. The molecular formula is C14H8Br2N2OS. The highest BCUT2D eigenvalue weighted by molar-refractivity contribution is 9.10. The van der Waals surface area contributed by atoms with Crippen molar-refractivity contribution < 1.29 is 4.79 Å². The molecule has 0 spiro atoms. The van der Waals surface area contributed by atoms with E-state index >= 15 is 0 Å². The van der Waals surface area contributed by atoms with E-state index < -0.39 is 0 Å². The summed E-state index contributed by atoms with van der Waals surface area (Å²) in [7, 11) is 0. The SMILES string of the molecule is O=C(Nc1nc2ccc(Br)cc2s1)c1cccc(Br)c1. The van der Waals surface area contributed by atoms with Gasteiger partial charge in [0, 0.05) is 14.5 Å². The van der Waals surface area contributed by atoms with Crippen LogP contribution in [-0.2, 0) is 0 Å². The van der Waals surface area contributed by atoms with E-state index in [2.05, 4.69) is 42.2 Å². The second kappa shape index (κ2) is 5.63. The molecule has 0 radical (unpaired) electrons. The minimum atomic E-state index is -0.163. The van der Waals surface area contributed by atoms with Crippen molar-refractivity contribution >= 4 is 64.5 Å². The number of hydrogen-bond acceptors (Lipinski definition) is 3. The zero-order valence-corrected chi connectivity index (χ0v) is 14.0. The zero-order chi connectivity index (χ0) is 14.1. The van der Waals surface area contributed by atoms with Crippen LogP contribution in [0.5, 0.6) is 0 Å². The van der Waals surface area contributed by atoms with Gasteiger partial charge in [-0.1, -0.05) is 49.3 Å². The summed E-state index contributed by atoms with van der Waals surface area (Å²) >= 11 is 8.23. The van der Waals surface area contributed by atoms with E-state index in [1.807, 2.05) is 30.3 Å². The van der Waals surface area contributed by atoms with Crippen molar-refractivity contribution in [3.63, 3.8) is 0 Å². The number of nitrogens with one attached hydrogen (secondary N) is 1. The van der Waals surface area contributed by atoms with Gasteiger partial charge in [-0.2, -0.15) is 0 Å². The van der Waals surface area contributed by atoms with E-state index in [1.165, 1.54) is 11.3 Å². The van der Waals surface area contributed by atoms with Crippen LogP contribution in [0.15, 0.2) is 51.4 Å². The van der Waals surface area contributed by atoms with Gasteiger partial charge in [-0.3, -0.25) is 10.1 Å². The number of thiazole rings is 1. The average Bonchev–Trinajstić information content (AvgIpc) is 2.80. The number of benzene rings is 2. The first-order valence-electron chi connectivity index (χ1n) is 5.75. The van der Waals surface area contributed by atoms with Gasteiger partial charge in [0.25, 0.3) is 5.91 Å². The van der Waals surface area contributed by atoms with Crippen LogP contribution in [-0.4, -0.2) is 10.9 Å². The highest BCUT2D eigenvalue weighted by Crippen LogP contribution is 2.28. The molecule has 20 heavy (non-hydrogen) atoms. The Morgan fingerprint density at radius 1 is 1.10 bits per heavy atom. The smallest absolute Gasteiger partial charge is 0.257 e. The normalized spacial score (nSPS) is 10.7. The van der Waals surface area contributed by atoms with E-state index in [1.54, 1.807) is 12.1 Å². The van der Waals surface area contributed by atoms with Crippen molar-refractivity contribution in [2.45, 2.75) is 0 Å². The summed E-state index contributed by atoms with van der Waals surface area (Å²) in [6, 6.07) is 13.1. The number of carbonyl (C=O) groups is 1. The molecule has 1 N–H and O–H groups in total. The number of nitrogens with zero attached hydrogens (tertiary/aromatic N) is 1. The number of rotatable bonds is 2.